The first kappa shape index (κ1) is 18.0. The van der Waals surface area contributed by atoms with Crippen LogP contribution in [0.25, 0.3) is 11.4 Å². The third-order valence-electron chi connectivity index (χ3n) is 5.23. The molecule has 1 saturated heterocycles. The van der Waals surface area contributed by atoms with E-state index in [9.17, 15) is 0 Å². The Morgan fingerprint density at radius 2 is 1.78 bits per heavy atom. The van der Waals surface area contributed by atoms with Crippen molar-refractivity contribution in [3.63, 3.8) is 0 Å². The lowest BCUT2D eigenvalue weighted by molar-refractivity contribution is 0.215. The van der Waals surface area contributed by atoms with Gasteiger partial charge in [0.1, 0.15) is 0 Å². The predicted molar refractivity (Wildman–Crippen MR) is 108 cm³/mol. The molecule has 5 nitrogen and oxygen atoms in total. The van der Waals surface area contributed by atoms with Crippen LogP contribution in [0.3, 0.4) is 0 Å². The van der Waals surface area contributed by atoms with Crippen molar-refractivity contribution < 1.29 is 4.52 Å². The average molecular weight is 383 g/mol. The maximum Gasteiger partial charge on any atom is 0.241 e. The van der Waals surface area contributed by atoms with Crippen LogP contribution in [0.5, 0.6) is 0 Å². The molecule has 140 valence electrons. The third-order valence-corrected chi connectivity index (χ3v) is 5.56. The standard InChI is InChI=1S/C21H23ClN4O/c1-15-6-5-9-19(16(15)2)26-12-10-25(11-13-26)14-20-23-21(24-27-20)17-7-3-4-8-18(17)22/h3-9H,10-14H2,1-2H3. The highest BCUT2D eigenvalue weighted by Crippen LogP contribution is 2.26. The van der Waals surface area contributed by atoms with Crippen molar-refractivity contribution in [2.24, 2.45) is 0 Å². The number of benzene rings is 2. The van der Waals surface area contributed by atoms with Crippen LogP contribution in [0.2, 0.25) is 5.02 Å². The number of halogens is 1. The Morgan fingerprint density at radius 3 is 2.56 bits per heavy atom. The number of rotatable bonds is 4. The van der Waals surface area contributed by atoms with Gasteiger partial charge in [-0.2, -0.15) is 4.98 Å². The number of aromatic nitrogens is 2. The maximum absolute atomic E-state index is 6.22. The number of anilines is 1. The summed E-state index contributed by atoms with van der Waals surface area (Å²) in [7, 11) is 0. The second-order valence-corrected chi connectivity index (χ2v) is 7.38. The van der Waals surface area contributed by atoms with Gasteiger partial charge in [-0.3, -0.25) is 4.90 Å². The van der Waals surface area contributed by atoms with Gasteiger partial charge in [0, 0.05) is 37.4 Å². The molecule has 1 aromatic heterocycles. The lowest BCUT2D eigenvalue weighted by Gasteiger charge is -2.36. The lowest BCUT2D eigenvalue weighted by atomic mass is 10.1. The van der Waals surface area contributed by atoms with Gasteiger partial charge in [0.15, 0.2) is 0 Å². The predicted octanol–water partition coefficient (Wildman–Crippen LogP) is 4.33. The normalized spacial score (nSPS) is 15.3. The first-order chi connectivity index (χ1) is 13.1. The molecule has 0 atom stereocenters. The molecule has 0 bridgehead atoms. The SMILES string of the molecule is Cc1cccc(N2CCN(Cc3nc(-c4ccccc4Cl)no3)CC2)c1C. The molecule has 0 N–H and O–H groups in total. The molecular formula is C21H23ClN4O. The molecule has 1 aliphatic rings. The van der Waals surface area contributed by atoms with Crippen molar-refractivity contribution in [1.82, 2.24) is 15.0 Å². The highest BCUT2D eigenvalue weighted by molar-refractivity contribution is 6.33. The second kappa shape index (κ2) is 7.71. The van der Waals surface area contributed by atoms with Gasteiger partial charge in [-0.05, 0) is 43.2 Å². The fourth-order valence-electron chi connectivity index (χ4n) is 3.49. The van der Waals surface area contributed by atoms with E-state index in [2.05, 4.69) is 52.0 Å². The summed E-state index contributed by atoms with van der Waals surface area (Å²) in [5.41, 5.74) is 4.85. The van der Waals surface area contributed by atoms with Crippen LogP contribution in [0, 0.1) is 13.8 Å². The van der Waals surface area contributed by atoms with Gasteiger partial charge in [-0.15, -0.1) is 0 Å². The number of piperazine rings is 1. The summed E-state index contributed by atoms with van der Waals surface area (Å²) < 4.78 is 5.45. The molecule has 0 saturated carbocycles. The van der Waals surface area contributed by atoms with Crippen molar-refractivity contribution in [2.75, 3.05) is 31.1 Å². The largest absolute Gasteiger partial charge is 0.369 e. The summed E-state index contributed by atoms with van der Waals surface area (Å²) in [5, 5.41) is 4.72. The zero-order valence-electron chi connectivity index (χ0n) is 15.7. The summed E-state index contributed by atoms with van der Waals surface area (Å²) >= 11 is 6.22. The molecule has 0 amide bonds. The van der Waals surface area contributed by atoms with Gasteiger partial charge >= 0.3 is 0 Å². The van der Waals surface area contributed by atoms with Crippen LogP contribution in [-0.4, -0.2) is 41.2 Å². The zero-order valence-corrected chi connectivity index (χ0v) is 16.4. The first-order valence-corrected chi connectivity index (χ1v) is 9.60. The second-order valence-electron chi connectivity index (χ2n) is 6.97. The van der Waals surface area contributed by atoms with Gasteiger partial charge in [-0.25, -0.2) is 0 Å². The minimum Gasteiger partial charge on any atom is -0.369 e. The number of hydrogen-bond donors (Lipinski definition) is 0. The van der Waals surface area contributed by atoms with Crippen LogP contribution in [0.1, 0.15) is 17.0 Å². The fourth-order valence-corrected chi connectivity index (χ4v) is 3.71. The van der Waals surface area contributed by atoms with E-state index in [1.807, 2.05) is 24.3 Å². The average Bonchev–Trinajstić information content (AvgIpc) is 3.13. The minimum atomic E-state index is 0.546. The summed E-state index contributed by atoms with van der Waals surface area (Å²) in [6, 6.07) is 14.1. The molecule has 2 aromatic carbocycles. The Morgan fingerprint density at radius 1 is 1.00 bits per heavy atom. The maximum atomic E-state index is 6.22. The molecule has 2 heterocycles. The van der Waals surface area contributed by atoms with E-state index in [1.165, 1.54) is 16.8 Å². The van der Waals surface area contributed by atoms with E-state index in [-0.39, 0.29) is 0 Å². The highest BCUT2D eigenvalue weighted by Gasteiger charge is 2.21. The molecule has 0 spiro atoms. The van der Waals surface area contributed by atoms with Gasteiger partial charge in [0.2, 0.25) is 11.7 Å². The van der Waals surface area contributed by atoms with E-state index >= 15 is 0 Å². The molecule has 4 rings (SSSR count). The van der Waals surface area contributed by atoms with Crippen LogP contribution < -0.4 is 4.90 Å². The van der Waals surface area contributed by atoms with Crippen LogP contribution in [0.4, 0.5) is 5.69 Å². The lowest BCUT2D eigenvalue weighted by Crippen LogP contribution is -2.46. The zero-order chi connectivity index (χ0) is 18.8. The van der Waals surface area contributed by atoms with Crippen molar-refractivity contribution in [3.05, 3.63) is 64.5 Å². The first-order valence-electron chi connectivity index (χ1n) is 9.23. The topological polar surface area (TPSA) is 45.4 Å². The van der Waals surface area contributed by atoms with Gasteiger partial charge in [0.05, 0.1) is 11.6 Å². The van der Waals surface area contributed by atoms with E-state index in [4.69, 9.17) is 16.1 Å². The summed E-state index contributed by atoms with van der Waals surface area (Å²) in [6.45, 7) is 8.96. The van der Waals surface area contributed by atoms with Gasteiger partial charge < -0.3 is 9.42 Å². The molecule has 3 aromatic rings. The smallest absolute Gasteiger partial charge is 0.241 e. The van der Waals surface area contributed by atoms with Crippen LogP contribution in [0.15, 0.2) is 47.0 Å². The summed E-state index contributed by atoms with van der Waals surface area (Å²) in [6.07, 6.45) is 0. The minimum absolute atomic E-state index is 0.546. The number of aryl methyl sites for hydroxylation is 1. The fraction of sp³-hybridized carbons (Fsp3) is 0.333. The van der Waals surface area contributed by atoms with Crippen molar-refractivity contribution in [1.29, 1.82) is 0 Å². The Balaban J connectivity index is 1.39. The Bertz CT molecular complexity index is 931. The molecule has 1 aliphatic heterocycles. The molecule has 6 heteroatoms. The van der Waals surface area contributed by atoms with Gasteiger partial charge in [-0.1, -0.05) is 41.0 Å². The quantitative estimate of drug-likeness (QED) is 0.672. The molecule has 1 fully saturated rings. The van der Waals surface area contributed by atoms with Gasteiger partial charge in [0.25, 0.3) is 0 Å². The van der Waals surface area contributed by atoms with Crippen LogP contribution in [-0.2, 0) is 6.54 Å². The Hall–Kier alpha value is -2.37. The molecule has 27 heavy (non-hydrogen) atoms. The molecule has 0 unspecified atom stereocenters. The summed E-state index contributed by atoms with van der Waals surface area (Å²) in [4.78, 5) is 9.33. The molecule has 0 radical (unpaired) electrons. The van der Waals surface area contributed by atoms with E-state index in [0.29, 0.717) is 23.3 Å². The van der Waals surface area contributed by atoms with Crippen molar-refractivity contribution in [3.8, 4) is 11.4 Å². The number of nitrogens with zero attached hydrogens (tertiary/aromatic N) is 4. The summed E-state index contributed by atoms with van der Waals surface area (Å²) in [5.74, 6) is 1.18. The monoisotopic (exact) mass is 382 g/mol. The molecular weight excluding hydrogens is 360 g/mol. The van der Waals surface area contributed by atoms with E-state index < -0.39 is 0 Å². The van der Waals surface area contributed by atoms with Crippen molar-refractivity contribution >= 4 is 17.3 Å². The third kappa shape index (κ3) is 3.84. The highest BCUT2D eigenvalue weighted by atomic mass is 35.5. The number of hydrogen-bond acceptors (Lipinski definition) is 5. The van der Waals surface area contributed by atoms with E-state index in [0.717, 1.165) is 31.7 Å². The van der Waals surface area contributed by atoms with Crippen molar-refractivity contribution in [2.45, 2.75) is 20.4 Å². The Labute approximate surface area is 164 Å². The van der Waals surface area contributed by atoms with E-state index in [1.54, 1.807) is 0 Å². The van der Waals surface area contributed by atoms with Crippen LogP contribution >= 0.6 is 11.6 Å². The Kier molecular flexibility index (Phi) is 5.14. The molecule has 0 aliphatic carbocycles.